The van der Waals surface area contributed by atoms with Crippen molar-refractivity contribution in [3.8, 4) is 0 Å². The molecule has 0 nitrogen and oxygen atoms in total. The number of hydrogen-bond donors (Lipinski definition) is 0. The Bertz CT molecular complexity index is 180. The molecule has 54 valence electrons. The first-order valence-electron chi connectivity index (χ1n) is 3.29. The van der Waals surface area contributed by atoms with Crippen molar-refractivity contribution in [1.29, 1.82) is 0 Å². The van der Waals surface area contributed by atoms with E-state index in [0.717, 1.165) is 11.1 Å². The molecule has 0 saturated carbocycles. The highest BCUT2D eigenvalue weighted by molar-refractivity contribution is 5.23. The predicted molar refractivity (Wildman–Crippen MR) is 47.9 cm³/mol. The first-order chi connectivity index (χ1) is 4.66. The van der Waals surface area contributed by atoms with Crippen molar-refractivity contribution in [2.75, 3.05) is 0 Å². The van der Waals surface area contributed by atoms with Gasteiger partial charge in [-0.05, 0) is 13.8 Å². The molecule has 0 radical (unpaired) electrons. The maximum absolute atomic E-state index is 3.74. The lowest BCUT2D eigenvalue weighted by molar-refractivity contribution is 1.51. The molecule has 0 bridgehead atoms. The van der Waals surface area contributed by atoms with Gasteiger partial charge in [0.25, 0.3) is 0 Å². The van der Waals surface area contributed by atoms with E-state index >= 15 is 0 Å². The summed E-state index contributed by atoms with van der Waals surface area (Å²) in [5, 5.41) is 0. The largest absolute Gasteiger partial charge is 0.0988 e. The van der Waals surface area contributed by atoms with Crippen molar-refractivity contribution in [3.63, 3.8) is 0 Å². The minimum atomic E-state index is 1.06. The average Bonchev–Trinajstić information content (AvgIpc) is 1.87. The highest BCUT2D eigenvalue weighted by Gasteiger charge is 1.74. The van der Waals surface area contributed by atoms with Crippen LogP contribution >= 0.6 is 0 Å². The second-order valence-electron chi connectivity index (χ2n) is 2.32. The lowest BCUT2D eigenvalue weighted by Crippen LogP contribution is -1.63. The number of allylic oxidation sites excluding steroid dienone is 6. The first kappa shape index (κ1) is 8.96. The minimum absolute atomic E-state index is 1.06. The van der Waals surface area contributed by atoms with Gasteiger partial charge in [0.15, 0.2) is 0 Å². The average molecular weight is 134 g/mol. The van der Waals surface area contributed by atoms with Crippen LogP contribution in [-0.2, 0) is 0 Å². The van der Waals surface area contributed by atoms with Crippen molar-refractivity contribution in [1.82, 2.24) is 0 Å². The molecule has 0 rings (SSSR count). The van der Waals surface area contributed by atoms with Crippen LogP contribution in [0.15, 0.2) is 48.6 Å². The van der Waals surface area contributed by atoms with Gasteiger partial charge in [-0.15, -0.1) is 0 Å². The van der Waals surface area contributed by atoms with Gasteiger partial charge in [0.1, 0.15) is 0 Å². The van der Waals surface area contributed by atoms with E-state index in [1.807, 2.05) is 38.2 Å². The van der Waals surface area contributed by atoms with Crippen LogP contribution in [0.4, 0.5) is 0 Å². The summed E-state index contributed by atoms with van der Waals surface area (Å²) in [6.45, 7) is 11.3. The molecule has 0 saturated heterocycles. The van der Waals surface area contributed by atoms with Crippen LogP contribution in [0.3, 0.4) is 0 Å². The van der Waals surface area contributed by atoms with Gasteiger partial charge < -0.3 is 0 Å². The van der Waals surface area contributed by atoms with Gasteiger partial charge in [-0.3, -0.25) is 0 Å². The van der Waals surface area contributed by atoms with Gasteiger partial charge in [-0.2, -0.15) is 0 Å². The fourth-order valence-electron chi connectivity index (χ4n) is 0.432. The molecule has 0 aromatic carbocycles. The highest BCUT2D eigenvalue weighted by Crippen LogP contribution is 1.95. The van der Waals surface area contributed by atoms with E-state index in [1.54, 1.807) is 0 Å². The summed E-state index contributed by atoms with van der Waals surface area (Å²) in [5.41, 5.74) is 2.23. The van der Waals surface area contributed by atoms with Gasteiger partial charge in [0.05, 0.1) is 0 Å². The Hall–Kier alpha value is -1.04. The van der Waals surface area contributed by atoms with E-state index in [4.69, 9.17) is 0 Å². The fraction of sp³-hybridized carbons (Fsp3) is 0.200. The molecule has 0 aliphatic heterocycles. The topological polar surface area (TPSA) is 0 Å². The highest BCUT2D eigenvalue weighted by atomic mass is 13.8. The van der Waals surface area contributed by atoms with Crippen LogP contribution in [0.1, 0.15) is 13.8 Å². The quantitative estimate of drug-likeness (QED) is 0.520. The molecule has 0 unspecified atom stereocenters. The van der Waals surface area contributed by atoms with Crippen molar-refractivity contribution in [3.05, 3.63) is 48.6 Å². The van der Waals surface area contributed by atoms with Gasteiger partial charge in [-0.1, -0.05) is 48.6 Å². The Morgan fingerprint density at radius 1 is 1.30 bits per heavy atom. The third-order valence-electron chi connectivity index (χ3n) is 1.06. The molecule has 0 aliphatic carbocycles. The third-order valence-corrected chi connectivity index (χ3v) is 1.06. The van der Waals surface area contributed by atoms with Crippen LogP contribution < -0.4 is 0 Å². The molecule has 0 atom stereocenters. The lowest BCUT2D eigenvalue weighted by atomic mass is 10.2. The molecule has 0 heteroatoms. The molecule has 10 heavy (non-hydrogen) atoms. The van der Waals surface area contributed by atoms with Crippen molar-refractivity contribution in [2.45, 2.75) is 13.8 Å². The molecule has 0 amide bonds. The van der Waals surface area contributed by atoms with E-state index in [1.165, 1.54) is 0 Å². The Balaban J connectivity index is 3.93. The maximum atomic E-state index is 3.74. The number of hydrogen-bond acceptors (Lipinski definition) is 0. The van der Waals surface area contributed by atoms with Gasteiger partial charge >= 0.3 is 0 Å². The molecule has 0 aliphatic rings. The molecule has 0 spiro atoms. The minimum Gasteiger partial charge on any atom is -0.0988 e. The monoisotopic (exact) mass is 134 g/mol. The molecule has 0 fully saturated rings. The van der Waals surface area contributed by atoms with E-state index in [0.29, 0.717) is 0 Å². The van der Waals surface area contributed by atoms with Crippen molar-refractivity contribution < 1.29 is 0 Å². The van der Waals surface area contributed by atoms with Gasteiger partial charge in [0.2, 0.25) is 0 Å². The fourth-order valence-corrected chi connectivity index (χ4v) is 0.432. The van der Waals surface area contributed by atoms with E-state index in [2.05, 4.69) is 13.2 Å². The normalized spacial score (nSPS) is 12.0. The molecular formula is C10H14. The standard InChI is InChI=1S/C10H14/c1-5-10(4)8-6-7-9(2)3/h5-8H,1-2H2,3-4H3/b7-6+,10-8-. The summed E-state index contributed by atoms with van der Waals surface area (Å²) in [4.78, 5) is 0. The molecule has 0 heterocycles. The van der Waals surface area contributed by atoms with E-state index in [-0.39, 0.29) is 0 Å². The molecular weight excluding hydrogens is 120 g/mol. The Labute approximate surface area is 63.3 Å². The zero-order valence-electron chi connectivity index (χ0n) is 6.72. The van der Waals surface area contributed by atoms with Crippen molar-refractivity contribution in [2.24, 2.45) is 0 Å². The first-order valence-corrected chi connectivity index (χ1v) is 3.29. The Morgan fingerprint density at radius 3 is 2.30 bits per heavy atom. The van der Waals surface area contributed by atoms with Crippen LogP contribution in [0.5, 0.6) is 0 Å². The van der Waals surface area contributed by atoms with E-state index < -0.39 is 0 Å². The smallest absolute Gasteiger partial charge is 0.0398 e. The Kier molecular flexibility index (Phi) is 4.30. The summed E-state index contributed by atoms with van der Waals surface area (Å²) >= 11 is 0. The van der Waals surface area contributed by atoms with Crippen LogP contribution in [0, 0.1) is 0 Å². The maximum Gasteiger partial charge on any atom is -0.0398 e. The summed E-state index contributed by atoms with van der Waals surface area (Å²) in [7, 11) is 0. The zero-order chi connectivity index (χ0) is 7.98. The van der Waals surface area contributed by atoms with Crippen LogP contribution in [0.2, 0.25) is 0 Å². The number of rotatable bonds is 3. The third kappa shape index (κ3) is 5.10. The zero-order valence-corrected chi connectivity index (χ0v) is 6.72. The molecule has 0 aromatic rings. The summed E-state index contributed by atoms with van der Waals surface area (Å²) in [5.74, 6) is 0. The molecule has 0 N–H and O–H groups in total. The van der Waals surface area contributed by atoms with Crippen LogP contribution in [-0.4, -0.2) is 0 Å². The van der Waals surface area contributed by atoms with Gasteiger partial charge in [-0.25, -0.2) is 0 Å². The SMILES string of the molecule is C=C/C(C)=C\C=C\C(=C)C. The summed E-state index contributed by atoms with van der Waals surface area (Å²) in [6, 6.07) is 0. The van der Waals surface area contributed by atoms with Crippen molar-refractivity contribution >= 4 is 0 Å². The summed E-state index contributed by atoms with van der Waals surface area (Å²) < 4.78 is 0. The predicted octanol–water partition coefficient (Wildman–Crippen LogP) is 3.25. The Morgan fingerprint density at radius 2 is 1.90 bits per heavy atom. The van der Waals surface area contributed by atoms with Gasteiger partial charge in [0, 0.05) is 0 Å². The molecule has 0 aromatic heterocycles. The second-order valence-corrected chi connectivity index (χ2v) is 2.32. The van der Waals surface area contributed by atoms with Crippen LogP contribution in [0.25, 0.3) is 0 Å². The van der Waals surface area contributed by atoms with E-state index in [9.17, 15) is 0 Å². The summed E-state index contributed by atoms with van der Waals surface area (Å²) in [6.07, 6.45) is 7.76. The second kappa shape index (κ2) is 4.80. The lowest BCUT2D eigenvalue weighted by Gasteiger charge is -1.84.